The number of aliphatic hydroxyl groups excluding tert-OH is 1. The fourth-order valence-corrected chi connectivity index (χ4v) is 2.46. The Labute approximate surface area is 113 Å². The lowest BCUT2D eigenvalue weighted by molar-refractivity contribution is 0.129. The number of methoxy groups -OCH3 is 1. The summed E-state index contributed by atoms with van der Waals surface area (Å²) in [5.41, 5.74) is 1.72. The summed E-state index contributed by atoms with van der Waals surface area (Å²) in [7, 11) is 1.57. The molecule has 0 aliphatic carbocycles. The molecule has 0 amide bonds. The van der Waals surface area contributed by atoms with Crippen LogP contribution in [0.25, 0.3) is 0 Å². The van der Waals surface area contributed by atoms with E-state index in [0.717, 1.165) is 17.7 Å². The minimum atomic E-state index is -0.852. The Bertz CT molecular complexity index is 507. The molecule has 0 spiro atoms. The molecule has 19 heavy (non-hydrogen) atoms. The molecule has 1 aliphatic heterocycles. The van der Waals surface area contributed by atoms with Crippen LogP contribution in [0.4, 0.5) is 0 Å². The number of ether oxygens (including phenoxy) is 2. The van der Waals surface area contributed by atoms with Crippen LogP contribution in [-0.2, 0) is 6.42 Å². The minimum Gasteiger partial charge on any atom is -0.496 e. The van der Waals surface area contributed by atoms with Crippen molar-refractivity contribution < 1.29 is 14.6 Å². The van der Waals surface area contributed by atoms with Gasteiger partial charge in [-0.1, -0.05) is 6.92 Å². The maximum Gasteiger partial charge on any atom is 0.125 e. The maximum atomic E-state index is 10.3. The monoisotopic (exact) mass is 261 g/mol. The molecule has 1 aliphatic rings. The summed E-state index contributed by atoms with van der Waals surface area (Å²) in [6.45, 7) is 3.89. The van der Waals surface area contributed by atoms with Crippen LogP contribution in [-0.4, -0.2) is 18.3 Å². The predicted molar refractivity (Wildman–Crippen MR) is 71.1 cm³/mol. The van der Waals surface area contributed by atoms with E-state index in [1.54, 1.807) is 7.11 Å². The summed E-state index contributed by atoms with van der Waals surface area (Å²) in [4.78, 5) is 0. The van der Waals surface area contributed by atoms with E-state index in [-0.39, 0.29) is 6.10 Å². The quantitative estimate of drug-likeness (QED) is 0.905. The van der Waals surface area contributed by atoms with Crippen LogP contribution in [0.5, 0.6) is 11.5 Å². The Morgan fingerprint density at radius 1 is 1.58 bits per heavy atom. The number of nitriles is 1. The van der Waals surface area contributed by atoms with Crippen LogP contribution in [0.1, 0.15) is 37.5 Å². The summed E-state index contributed by atoms with van der Waals surface area (Å²) in [5.74, 6) is 0.971. The van der Waals surface area contributed by atoms with Crippen molar-refractivity contribution in [1.82, 2.24) is 0 Å². The molecule has 1 aromatic carbocycles. The van der Waals surface area contributed by atoms with Gasteiger partial charge in [0.1, 0.15) is 17.6 Å². The van der Waals surface area contributed by atoms with Gasteiger partial charge < -0.3 is 14.6 Å². The van der Waals surface area contributed by atoms with Crippen molar-refractivity contribution in [3.8, 4) is 17.6 Å². The first-order valence-electron chi connectivity index (χ1n) is 6.55. The van der Waals surface area contributed by atoms with E-state index in [1.165, 1.54) is 0 Å². The Morgan fingerprint density at radius 2 is 2.32 bits per heavy atom. The molecule has 0 saturated carbocycles. The summed E-state index contributed by atoms with van der Waals surface area (Å²) in [6.07, 6.45) is 0.729. The molecule has 1 N–H and O–H groups in total. The fourth-order valence-electron chi connectivity index (χ4n) is 2.46. The normalized spacial score (nSPS) is 20.1. The summed E-state index contributed by atoms with van der Waals surface area (Å²) in [6, 6.07) is 5.84. The smallest absolute Gasteiger partial charge is 0.125 e. The highest BCUT2D eigenvalue weighted by Crippen LogP contribution is 2.39. The molecule has 102 valence electrons. The molecule has 1 heterocycles. The lowest BCUT2D eigenvalue weighted by Gasteiger charge is -2.19. The zero-order valence-corrected chi connectivity index (χ0v) is 11.5. The molecule has 3 unspecified atom stereocenters. The highest BCUT2D eigenvalue weighted by Gasteiger charge is 2.27. The predicted octanol–water partition coefficient (Wildman–Crippen LogP) is 2.60. The molecule has 4 nitrogen and oxygen atoms in total. The molecule has 0 radical (unpaired) electrons. The van der Waals surface area contributed by atoms with Gasteiger partial charge in [-0.25, -0.2) is 0 Å². The van der Waals surface area contributed by atoms with Crippen molar-refractivity contribution in [1.29, 1.82) is 5.26 Å². The number of fused-ring (bicyclic) bond motifs is 1. The van der Waals surface area contributed by atoms with E-state index in [9.17, 15) is 5.11 Å². The van der Waals surface area contributed by atoms with E-state index in [0.29, 0.717) is 17.7 Å². The maximum absolute atomic E-state index is 10.3. The van der Waals surface area contributed by atoms with E-state index in [2.05, 4.69) is 6.07 Å². The molecule has 0 fully saturated rings. The van der Waals surface area contributed by atoms with Crippen LogP contribution >= 0.6 is 0 Å². The van der Waals surface area contributed by atoms with Crippen molar-refractivity contribution in [2.45, 2.75) is 38.9 Å². The molecule has 0 saturated heterocycles. The number of hydrogen-bond donors (Lipinski definition) is 1. The fraction of sp³-hybridized carbons (Fsp3) is 0.533. The van der Waals surface area contributed by atoms with E-state index in [1.807, 2.05) is 26.0 Å². The SMILES string of the molecule is CCC(C#N)C(O)c1cc2c(cc1OC)CC(C)O2. The van der Waals surface area contributed by atoms with Crippen LogP contribution in [0.2, 0.25) is 0 Å². The molecular formula is C15H19NO3. The lowest BCUT2D eigenvalue weighted by atomic mass is 9.93. The van der Waals surface area contributed by atoms with Crippen LogP contribution in [0, 0.1) is 17.2 Å². The van der Waals surface area contributed by atoms with Crippen LogP contribution in [0.3, 0.4) is 0 Å². The van der Waals surface area contributed by atoms with Crippen molar-refractivity contribution >= 4 is 0 Å². The average molecular weight is 261 g/mol. The zero-order chi connectivity index (χ0) is 14.0. The molecule has 0 aromatic heterocycles. The second kappa shape index (κ2) is 5.50. The Hall–Kier alpha value is -1.73. The molecule has 2 rings (SSSR count). The number of nitrogens with zero attached hydrogens (tertiary/aromatic N) is 1. The van der Waals surface area contributed by atoms with Gasteiger partial charge in [-0.15, -0.1) is 0 Å². The highest BCUT2D eigenvalue weighted by molar-refractivity contribution is 5.49. The van der Waals surface area contributed by atoms with E-state index >= 15 is 0 Å². The molecule has 0 bridgehead atoms. The average Bonchev–Trinajstić information content (AvgIpc) is 2.77. The van der Waals surface area contributed by atoms with Crippen molar-refractivity contribution in [2.24, 2.45) is 5.92 Å². The first-order chi connectivity index (χ1) is 9.10. The second-order valence-electron chi connectivity index (χ2n) is 4.92. The Morgan fingerprint density at radius 3 is 2.89 bits per heavy atom. The largest absolute Gasteiger partial charge is 0.496 e. The van der Waals surface area contributed by atoms with Gasteiger partial charge in [0, 0.05) is 17.5 Å². The van der Waals surface area contributed by atoms with Gasteiger partial charge in [0.05, 0.1) is 25.2 Å². The van der Waals surface area contributed by atoms with Crippen molar-refractivity contribution in [3.05, 3.63) is 23.3 Å². The van der Waals surface area contributed by atoms with Crippen LogP contribution in [0.15, 0.2) is 12.1 Å². The summed E-state index contributed by atoms with van der Waals surface area (Å²) < 4.78 is 11.0. The standard InChI is InChI=1S/C15H19NO3/c1-4-10(8-16)15(17)12-7-13-11(5-9(2)19-13)6-14(12)18-3/h6-7,9-10,15,17H,4-5H2,1-3H3. The van der Waals surface area contributed by atoms with Crippen LogP contribution < -0.4 is 9.47 Å². The number of hydrogen-bond acceptors (Lipinski definition) is 4. The molecule has 1 aromatic rings. The van der Waals surface area contributed by atoms with Crippen molar-refractivity contribution in [2.75, 3.05) is 7.11 Å². The van der Waals surface area contributed by atoms with Gasteiger partial charge in [0.2, 0.25) is 0 Å². The Balaban J connectivity index is 2.40. The van der Waals surface area contributed by atoms with Gasteiger partial charge >= 0.3 is 0 Å². The van der Waals surface area contributed by atoms with Gasteiger partial charge in [-0.2, -0.15) is 5.26 Å². The first-order valence-corrected chi connectivity index (χ1v) is 6.55. The topological polar surface area (TPSA) is 62.5 Å². The molecular weight excluding hydrogens is 242 g/mol. The lowest BCUT2D eigenvalue weighted by Crippen LogP contribution is -2.11. The van der Waals surface area contributed by atoms with E-state index < -0.39 is 12.0 Å². The zero-order valence-electron chi connectivity index (χ0n) is 11.5. The van der Waals surface area contributed by atoms with Gasteiger partial charge in [0.15, 0.2) is 0 Å². The third-order valence-electron chi connectivity index (χ3n) is 3.55. The van der Waals surface area contributed by atoms with Gasteiger partial charge in [-0.3, -0.25) is 0 Å². The third kappa shape index (κ3) is 2.52. The van der Waals surface area contributed by atoms with Crippen molar-refractivity contribution in [3.63, 3.8) is 0 Å². The molecule has 3 atom stereocenters. The second-order valence-corrected chi connectivity index (χ2v) is 4.92. The van der Waals surface area contributed by atoms with E-state index in [4.69, 9.17) is 14.7 Å². The third-order valence-corrected chi connectivity index (χ3v) is 3.55. The van der Waals surface area contributed by atoms with Gasteiger partial charge in [-0.05, 0) is 25.5 Å². The summed E-state index contributed by atoms with van der Waals surface area (Å²) >= 11 is 0. The highest BCUT2D eigenvalue weighted by atomic mass is 16.5. The number of aliphatic hydroxyl groups is 1. The summed E-state index contributed by atoms with van der Waals surface area (Å²) in [5, 5.41) is 19.4. The minimum absolute atomic E-state index is 0.144. The molecule has 4 heteroatoms. The number of rotatable bonds is 4. The van der Waals surface area contributed by atoms with Gasteiger partial charge in [0.25, 0.3) is 0 Å². The first kappa shape index (κ1) is 13.7. The number of benzene rings is 1. The Kier molecular flexibility index (Phi) is 3.96.